The summed E-state index contributed by atoms with van der Waals surface area (Å²) in [6.45, 7) is 1.96. The second-order valence-electron chi connectivity index (χ2n) is 3.69. The van der Waals surface area contributed by atoms with Crippen molar-refractivity contribution in [3.8, 4) is 0 Å². The van der Waals surface area contributed by atoms with Crippen LogP contribution in [0.15, 0.2) is 18.2 Å². The molecule has 1 aromatic carbocycles. The van der Waals surface area contributed by atoms with Crippen molar-refractivity contribution in [1.82, 2.24) is 5.32 Å². The lowest BCUT2D eigenvalue weighted by atomic mass is 10.2. The molecule has 0 spiro atoms. The van der Waals surface area contributed by atoms with E-state index in [0.717, 1.165) is 0 Å². The molecule has 1 aliphatic rings. The van der Waals surface area contributed by atoms with Crippen LogP contribution in [-0.4, -0.2) is 18.5 Å². The molecule has 3 amide bonds. The Morgan fingerprint density at radius 2 is 2.12 bits per heavy atom. The fourth-order valence-electron chi connectivity index (χ4n) is 1.61. The Morgan fingerprint density at radius 1 is 1.38 bits per heavy atom. The molecule has 0 atom stereocenters. The van der Waals surface area contributed by atoms with Crippen molar-refractivity contribution in [2.24, 2.45) is 0 Å². The molecule has 0 radical (unpaired) electrons. The van der Waals surface area contributed by atoms with Crippen molar-refractivity contribution in [2.45, 2.75) is 13.3 Å². The Balaban J connectivity index is 2.27. The standard InChI is InChI=1S/C11H11FN2O2/c1-7-6-8(2-3-9(7)12)14-5-4-10(15)13-11(14)16/h2-3,6H,4-5H2,1H3,(H,13,15,16). The highest BCUT2D eigenvalue weighted by molar-refractivity contribution is 6.05. The van der Waals surface area contributed by atoms with Gasteiger partial charge in [0.15, 0.2) is 0 Å². The van der Waals surface area contributed by atoms with Crippen LogP contribution in [0.4, 0.5) is 14.9 Å². The average molecular weight is 222 g/mol. The highest BCUT2D eigenvalue weighted by Gasteiger charge is 2.24. The topological polar surface area (TPSA) is 49.4 Å². The number of carbonyl (C=O) groups excluding carboxylic acids is 2. The zero-order chi connectivity index (χ0) is 11.7. The van der Waals surface area contributed by atoms with E-state index in [9.17, 15) is 14.0 Å². The minimum absolute atomic E-state index is 0.266. The highest BCUT2D eigenvalue weighted by Crippen LogP contribution is 2.20. The quantitative estimate of drug-likeness (QED) is 0.784. The van der Waals surface area contributed by atoms with Crippen LogP contribution in [0.2, 0.25) is 0 Å². The number of urea groups is 1. The van der Waals surface area contributed by atoms with E-state index in [1.165, 1.54) is 17.0 Å². The molecule has 1 heterocycles. The number of carbonyl (C=O) groups is 2. The first-order valence-corrected chi connectivity index (χ1v) is 4.95. The van der Waals surface area contributed by atoms with Gasteiger partial charge in [0.1, 0.15) is 5.82 Å². The monoisotopic (exact) mass is 222 g/mol. The van der Waals surface area contributed by atoms with Gasteiger partial charge in [-0.2, -0.15) is 0 Å². The van der Waals surface area contributed by atoms with Crippen molar-refractivity contribution < 1.29 is 14.0 Å². The minimum Gasteiger partial charge on any atom is -0.294 e. The van der Waals surface area contributed by atoms with Gasteiger partial charge >= 0.3 is 6.03 Å². The molecule has 0 aromatic heterocycles. The molecule has 16 heavy (non-hydrogen) atoms. The summed E-state index contributed by atoms with van der Waals surface area (Å²) in [7, 11) is 0. The molecule has 5 heteroatoms. The van der Waals surface area contributed by atoms with Crippen LogP contribution in [0.25, 0.3) is 0 Å². The number of imide groups is 1. The summed E-state index contributed by atoms with van der Waals surface area (Å²) in [6.07, 6.45) is 0.266. The summed E-state index contributed by atoms with van der Waals surface area (Å²) < 4.78 is 13.1. The summed E-state index contributed by atoms with van der Waals surface area (Å²) >= 11 is 0. The van der Waals surface area contributed by atoms with Gasteiger partial charge in [-0.1, -0.05) is 0 Å². The highest BCUT2D eigenvalue weighted by atomic mass is 19.1. The fourth-order valence-corrected chi connectivity index (χ4v) is 1.61. The maximum atomic E-state index is 13.1. The first-order chi connectivity index (χ1) is 7.58. The van der Waals surface area contributed by atoms with Gasteiger partial charge < -0.3 is 0 Å². The third-order valence-electron chi connectivity index (χ3n) is 2.51. The van der Waals surface area contributed by atoms with Crippen LogP contribution in [0.5, 0.6) is 0 Å². The number of nitrogens with zero attached hydrogens (tertiary/aromatic N) is 1. The molecule has 4 nitrogen and oxygen atoms in total. The molecule has 0 saturated carbocycles. The number of aryl methyl sites for hydroxylation is 1. The van der Waals surface area contributed by atoms with Gasteiger partial charge in [-0.15, -0.1) is 0 Å². The van der Waals surface area contributed by atoms with Gasteiger partial charge in [-0.3, -0.25) is 15.0 Å². The molecule has 1 N–H and O–H groups in total. The SMILES string of the molecule is Cc1cc(N2CCC(=O)NC2=O)ccc1F. The number of anilines is 1. The maximum Gasteiger partial charge on any atom is 0.328 e. The first-order valence-electron chi connectivity index (χ1n) is 4.95. The van der Waals surface area contributed by atoms with E-state index in [-0.39, 0.29) is 18.1 Å². The molecule has 0 unspecified atom stereocenters. The number of benzene rings is 1. The number of hydrogen-bond donors (Lipinski definition) is 1. The summed E-state index contributed by atoms with van der Waals surface area (Å²) in [5.41, 5.74) is 1.08. The second kappa shape index (κ2) is 3.92. The Morgan fingerprint density at radius 3 is 2.75 bits per heavy atom. The van der Waals surface area contributed by atoms with Crippen molar-refractivity contribution in [1.29, 1.82) is 0 Å². The van der Waals surface area contributed by atoms with Crippen LogP contribution in [0, 0.1) is 12.7 Å². The number of amides is 3. The molecule has 2 rings (SSSR count). The molecular formula is C11H11FN2O2. The molecule has 84 valence electrons. The molecule has 0 aliphatic carbocycles. The second-order valence-corrected chi connectivity index (χ2v) is 3.69. The largest absolute Gasteiger partial charge is 0.328 e. The van der Waals surface area contributed by atoms with E-state index >= 15 is 0 Å². The smallest absolute Gasteiger partial charge is 0.294 e. The van der Waals surface area contributed by atoms with E-state index in [1.807, 2.05) is 0 Å². The molecule has 0 bridgehead atoms. The van der Waals surface area contributed by atoms with Gasteiger partial charge in [-0.05, 0) is 30.7 Å². The van der Waals surface area contributed by atoms with Crippen molar-refractivity contribution in [3.63, 3.8) is 0 Å². The first kappa shape index (κ1) is 10.6. The summed E-state index contributed by atoms with van der Waals surface area (Å²) in [5, 5.41) is 2.22. The van der Waals surface area contributed by atoms with Gasteiger partial charge in [0.25, 0.3) is 0 Å². The molecule has 1 aliphatic heterocycles. The summed E-state index contributed by atoms with van der Waals surface area (Å²) in [4.78, 5) is 23.9. The van der Waals surface area contributed by atoms with Crippen LogP contribution in [0.3, 0.4) is 0 Å². The third-order valence-corrected chi connectivity index (χ3v) is 2.51. The number of rotatable bonds is 1. The lowest BCUT2D eigenvalue weighted by Gasteiger charge is -2.26. The van der Waals surface area contributed by atoms with E-state index in [1.54, 1.807) is 13.0 Å². The van der Waals surface area contributed by atoms with E-state index in [2.05, 4.69) is 5.32 Å². The fraction of sp³-hybridized carbons (Fsp3) is 0.273. The number of hydrogen-bond acceptors (Lipinski definition) is 2. The lowest BCUT2D eigenvalue weighted by molar-refractivity contribution is -0.120. The Kier molecular flexibility index (Phi) is 2.60. The molecule has 1 aromatic rings. The van der Waals surface area contributed by atoms with Crippen LogP contribution in [0.1, 0.15) is 12.0 Å². The van der Waals surface area contributed by atoms with Gasteiger partial charge in [-0.25, -0.2) is 9.18 Å². The zero-order valence-electron chi connectivity index (χ0n) is 8.79. The van der Waals surface area contributed by atoms with E-state index in [4.69, 9.17) is 0 Å². The summed E-state index contributed by atoms with van der Waals surface area (Å²) in [6, 6.07) is 3.97. The minimum atomic E-state index is -0.456. The van der Waals surface area contributed by atoms with E-state index in [0.29, 0.717) is 17.8 Å². The molecule has 1 saturated heterocycles. The van der Waals surface area contributed by atoms with Crippen LogP contribution >= 0.6 is 0 Å². The van der Waals surface area contributed by atoms with Gasteiger partial charge in [0, 0.05) is 18.7 Å². The number of halogens is 1. The van der Waals surface area contributed by atoms with Gasteiger partial charge in [0.05, 0.1) is 0 Å². The van der Waals surface area contributed by atoms with Crippen LogP contribution in [-0.2, 0) is 4.79 Å². The summed E-state index contributed by atoms with van der Waals surface area (Å²) in [5.74, 6) is -0.586. The Labute approximate surface area is 92.0 Å². The van der Waals surface area contributed by atoms with Crippen molar-refractivity contribution in [3.05, 3.63) is 29.6 Å². The molecular weight excluding hydrogens is 211 g/mol. The molecule has 1 fully saturated rings. The van der Waals surface area contributed by atoms with E-state index < -0.39 is 6.03 Å². The van der Waals surface area contributed by atoms with Crippen LogP contribution < -0.4 is 10.2 Å². The zero-order valence-corrected chi connectivity index (χ0v) is 8.79. The predicted molar refractivity (Wildman–Crippen MR) is 56.6 cm³/mol. The predicted octanol–water partition coefficient (Wildman–Crippen LogP) is 1.58. The van der Waals surface area contributed by atoms with Crippen molar-refractivity contribution >= 4 is 17.6 Å². The third kappa shape index (κ3) is 1.88. The maximum absolute atomic E-state index is 13.1. The van der Waals surface area contributed by atoms with Gasteiger partial charge in [0.2, 0.25) is 5.91 Å². The normalized spacial score (nSPS) is 16.2. The van der Waals surface area contributed by atoms with Crippen molar-refractivity contribution in [2.75, 3.05) is 11.4 Å². The number of nitrogens with one attached hydrogen (secondary N) is 1. The Bertz CT molecular complexity index is 459. The Hall–Kier alpha value is -1.91. The lowest BCUT2D eigenvalue weighted by Crippen LogP contribution is -2.49. The average Bonchev–Trinajstić information content (AvgIpc) is 2.22.